The highest BCUT2D eigenvalue weighted by Crippen LogP contribution is 2.19. The van der Waals surface area contributed by atoms with Crippen LogP contribution in [0.5, 0.6) is 0 Å². The van der Waals surface area contributed by atoms with Crippen molar-refractivity contribution in [2.24, 2.45) is 0 Å². The first-order chi connectivity index (χ1) is 5.66. The number of nitrogens with two attached hydrogens (primary N) is 1. The van der Waals surface area contributed by atoms with Gasteiger partial charge in [0.15, 0.2) is 0 Å². The quantitative estimate of drug-likeness (QED) is 0.633. The standard InChI is InChI=1S/C7H7N3OS/c1-3-2-4-5(11)9-7(8)10-6(4)12-3/h2H,1H3,(H3,8,9,10,11). The van der Waals surface area contributed by atoms with Crippen molar-refractivity contribution in [3.8, 4) is 0 Å². The molecule has 2 aromatic rings. The third-order valence-corrected chi connectivity index (χ3v) is 2.49. The second-order valence-corrected chi connectivity index (χ2v) is 3.76. The average Bonchev–Trinajstić information content (AvgIpc) is 2.29. The number of anilines is 1. The molecule has 0 saturated heterocycles. The van der Waals surface area contributed by atoms with Crippen molar-refractivity contribution in [3.63, 3.8) is 0 Å². The normalized spacial score (nSPS) is 10.8. The van der Waals surface area contributed by atoms with E-state index in [1.165, 1.54) is 11.3 Å². The molecule has 5 heteroatoms. The van der Waals surface area contributed by atoms with Gasteiger partial charge in [0.1, 0.15) is 4.83 Å². The Balaban J connectivity index is 2.98. The average molecular weight is 181 g/mol. The number of aromatic nitrogens is 2. The maximum atomic E-state index is 11.2. The van der Waals surface area contributed by atoms with E-state index in [4.69, 9.17) is 5.73 Å². The summed E-state index contributed by atoms with van der Waals surface area (Å²) in [6, 6.07) is 1.81. The van der Waals surface area contributed by atoms with Gasteiger partial charge in [-0.25, -0.2) is 4.98 Å². The largest absolute Gasteiger partial charge is 0.369 e. The Labute approximate surface area is 72.1 Å². The van der Waals surface area contributed by atoms with Crippen LogP contribution >= 0.6 is 11.3 Å². The van der Waals surface area contributed by atoms with Crippen molar-refractivity contribution in [2.45, 2.75) is 6.92 Å². The Morgan fingerprint density at radius 3 is 3.17 bits per heavy atom. The van der Waals surface area contributed by atoms with E-state index in [0.29, 0.717) is 10.2 Å². The summed E-state index contributed by atoms with van der Waals surface area (Å²) in [5.74, 6) is 0.175. The number of hydrogen-bond acceptors (Lipinski definition) is 4. The van der Waals surface area contributed by atoms with Crippen molar-refractivity contribution in [2.75, 3.05) is 5.73 Å². The number of thiophene rings is 1. The maximum absolute atomic E-state index is 11.2. The van der Waals surface area contributed by atoms with Crippen LogP contribution in [0.4, 0.5) is 5.95 Å². The zero-order valence-electron chi connectivity index (χ0n) is 6.42. The predicted octanol–water partition coefficient (Wildman–Crippen LogP) is 0.875. The third kappa shape index (κ3) is 0.984. The van der Waals surface area contributed by atoms with Crippen LogP contribution in [-0.4, -0.2) is 9.97 Å². The third-order valence-electron chi connectivity index (χ3n) is 1.54. The van der Waals surface area contributed by atoms with Gasteiger partial charge < -0.3 is 5.73 Å². The molecule has 0 saturated carbocycles. The Kier molecular flexibility index (Phi) is 1.41. The topological polar surface area (TPSA) is 71.8 Å². The second-order valence-electron chi connectivity index (χ2n) is 2.53. The first kappa shape index (κ1) is 7.30. The molecule has 3 N–H and O–H groups in total. The van der Waals surface area contributed by atoms with E-state index in [9.17, 15) is 4.79 Å². The molecule has 0 radical (unpaired) electrons. The fourth-order valence-corrected chi connectivity index (χ4v) is 1.96. The monoisotopic (exact) mass is 181 g/mol. The van der Waals surface area contributed by atoms with Crippen molar-refractivity contribution >= 4 is 27.5 Å². The summed E-state index contributed by atoms with van der Waals surface area (Å²) in [4.78, 5) is 19.5. The molecular weight excluding hydrogens is 174 g/mol. The number of aromatic amines is 1. The second kappa shape index (κ2) is 2.31. The van der Waals surface area contributed by atoms with Crippen molar-refractivity contribution in [1.29, 1.82) is 0 Å². The number of fused-ring (bicyclic) bond motifs is 1. The lowest BCUT2D eigenvalue weighted by Gasteiger charge is -1.90. The van der Waals surface area contributed by atoms with Crippen LogP contribution < -0.4 is 11.3 Å². The highest BCUT2D eigenvalue weighted by molar-refractivity contribution is 7.18. The molecule has 12 heavy (non-hydrogen) atoms. The van der Waals surface area contributed by atoms with Gasteiger partial charge in [-0.15, -0.1) is 11.3 Å². The van der Waals surface area contributed by atoms with Gasteiger partial charge in [-0.1, -0.05) is 0 Å². The lowest BCUT2D eigenvalue weighted by molar-refractivity contribution is 1.20. The molecule has 0 spiro atoms. The van der Waals surface area contributed by atoms with Crippen molar-refractivity contribution < 1.29 is 0 Å². The molecule has 0 aliphatic heterocycles. The van der Waals surface area contributed by atoms with Crippen LogP contribution in [0.1, 0.15) is 4.88 Å². The lowest BCUT2D eigenvalue weighted by Crippen LogP contribution is -2.09. The van der Waals surface area contributed by atoms with Crippen LogP contribution in [0.2, 0.25) is 0 Å². The van der Waals surface area contributed by atoms with E-state index < -0.39 is 0 Å². The van der Waals surface area contributed by atoms with E-state index in [0.717, 1.165) is 4.88 Å². The number of aryl methyl sites for hydroxylation is 1. The molecule has 2 aromatic heterocycles. The molecular formula is C7H7N3OS. The van der Waals surface area contributed by atoms with Gasteiger partial charge in [0.25, 0.3) is 5.56 Å². The fourth-order valence-electron chi connectivity index (χ4n) is 1.07. The summed E-state index contributed by atoms with van der Waals surface area (Å²) in [6.45, 7) is 1.93. The smallest absolute Gasteiger partial charge is 0.261 e. The Morgan fingerprint density at radius 2 is 2.42 bits per heavy atom. The molecule has 2 heterocycles. The molecule has 0 amide bonds. The first-order valence-corrected chi connectivity index (χ1v) is 4.24. The van der Waals surface area contributed by atoms with Gasteiger partial charge in [-0.2, -0.15) is 0 Å². The van der Waals surface area contributed by atoms with Crippen LogP contribution in [-0.2, 0) is 0 Å². The first-order valence-electron chi connectivity index (χ1n) is 3.43. The summed E-state index contributed by atoms with van der Waals surface area (Å²) in [5.41, 5.74) is 5.21. The molecule has 0 aromatic carbocycles. The Bertz CT molecular complexity index is 485. The van der Waals surface area contributed by atoms with Gasteiger partial charge in [0.05, 0.1) is 5.39 Å². The molecule has 0 atom stereocenters. The highest BCUT2D eigenvalue weighted by Gasteiger charge is 2.04. The molecule has 0 bridgehead atoms. The minimum absolute atomic E-state index is 0.165. The highest BCUT2D eigenvalue weighted by atomic mass is 32.1. The Hall–Kier alpha value is -1.36. The molecule has 0 aliphatic rings. The zero-order chi connectivity index (χ0) is 8.72. The summed E-state index contributed by atoms with van der Waals surface area (Å²) in [7, 11) is 0. The number of H-pyrrole nitrogens is 1. The molecule has 0 unspecified atom stereocenters. The Morgan fingerprint density at radius 1 is 1.67 bits per heavy atom. The summed E-state index contributed by atoms with van der Waals surface area (Å²) < 4.78 is 0. The van der Waals surface area contributed by atoms with E-state index in [1.54, 1.807) is 0 Å². The maximum Gasteiger partial charge on any atom is 0.261 e. The van der Waals surface area contributed by atoms with Gasteiger partial charge in [0, 0.05) is 4.88 Å². The molecule has 62 valence electrons. The lowest BCUT2D eigenvalue weighted by atomic mass is 10.4. The number of nitrogens with zero attached hydrogens (tertiary/aromatic N) is 1. The van der Waals surface area contributed by atoms with Gasteiger partial charge in [0.2, 0.25) is 5.95 Å². The van der Waals surface area contributed by atoms with Crippen molar-refractivity contribution in [1.82, 2.24) is 9.97 Å². The summed E-state index contributed by atoms with van der Waals surface area (Å²) >= 11 is 1.47. The molecule has 4 nitrogen and oxygen atoms in total. The minimum atomic E-state index is -0.165. The van der Waals surface area contributed by atoms with Gasteiger partial charge in [-0.05, 0) is 13.0 Å². The number of nitrogens with one attached hydrogen (secondary N) is 1. The number of rotatable bonds is 0. The predicted molar refractivity (Wildman–Crippen MR) is 49.4 cm³/mol. The number of nitrogen functional groups attached to an aromatic ring is 1. The van der Waals surface area contributed by atoms with Crippen LogP contribution in [0, 0.1) is 6.92 Å². The number of hydrogen-bond donors (Lipinski definition) is 2. The molecule has 2 rings (SSSR count). The van der Waals surface area contributed by atoms with Crippen LogP contribution in [0.15, 0.2) is 10.9 Å². The molecule has 0 aliphatic carbocycles. The van der Waals surface area contributed by atoms with Crippen LogP contribution in [0.25, 0.3) is 10.2 Å². The van der Waals surface area contributed by atoms with E-state index in [2.05, 4.69) is 9.97 Å². The summed E-state index contributed by atoms with van der Waals surface area (Å²) in [5, 5.41) is 0.617. The zero-order valence-corrected chi connectivity index (χ0v) is 7.23. The van der Waals surface area contributed by atoms with Gasteiger partial charge in [-0.3, -0.25) is 9.78 Å². The van der Waals surface area contributed by atoms with Crippen LogP contribution in [0.3, 0.4) is 0 Å². The SMILES string of the molecule is Cc1cc2c(=O)[nH]c(N)nc2s1. The van der Waals surface area contributed by atoms with E-state index >= 15 is 0 Å². The summed E-state index contributed by atoms with van der Waals surface area (Å²) in [6.07, 6.45) is 0. The van der Waals surface area contributed by atoms with Crippen molar-refractivity contribution in [3.05, 3.63) is 21.3 Å². The molecule has 0 fully saturated rings. The van der Waals surface area contributed by atoms with Gasteiger partial charge >= 0.3 is 0 Å². The van der Waals surface area contributed by atoms with E-state index in [1.807, 2.05) is 13.0 Å². The minimum Gasteiger partial charge on any atom is -0.369 e. The fraction of sp³-hybridized carbons (Fsp3) is 0.143. The van der Waals surface area contributed by atoms with E-state index in [-0.39, 0.29) is 11.5 Å².